The fourth-order valence-electron chi connectivity index (χ4n) is 2.50. The molecule has 2 heterocycles. The highest BCUT2D eigenvalue weighted by Crippen LogP contribution is 2.28. The molecule has 4 nitrogen and oxygen atoms in total. The first-order valence-electron chi connectivity index (χ1n) is 7.12. The molecule has 2 rings (SSSR count). The number of thiophene rings is 1. The van der Waals surface area contributed by atoms with E-state index in [-0.39, 0.29) is 11.3 Å². The second-order valence-electron chi connectivity index (χ2n) is 5.30. The molecule has 1 N–H and O–H groups in total. The van der Waals surface area contributed by atoms with E-state index >= 15 is 0 Å². The lowest BCUT2D eigenvalue weighted by Gasteiger charge is -2.24. The first-order chi connectivity index (χ1) is 9.44. The fraction of sp³-hybridized carbons (Fsp3) is 0.714. The van der Waals surface area contributed by atoms with Crippen LogP contribution in [0.3, 0.4) is 0 Å². The minimum Gasteiger partial charge on any atom is -0.381 e. The van der Waals surface area contributed by atoms with E-state index in [1.165, 1.54) is 10.4 Å². The molecule has 0 spiro atoms. The van der Waals surface area contributed by atoms with Gasteiger partial charge in [-0.2, -0.15) is 0 Å². The molecule has 6 heteroatoms. The Labute approximate surface area is 125 Å². The lowest BCUT2D eigenvalue weighted by Crippen LogP contribution is -2.39. The quantitative estimate of drug-likeness (QED) is 0.908. The van der Waals surface area contributed by atoms with Crippen LogP contribution < -0.4 is 4.72 Å². The maximum absolute atomic E-state index is 12.4. The van der Waals surface area contributed by atoms with E-state index in [9.17, 15) is 8.42 Å². The van der Waals surface area contributed by atoms with Gasteiger partial charge in [0.2, 0.25) is 10.0 Å². The summed E-state index contributed by atoms with van der Waals surface area (Å²) in [6.45, 7) is 7.20. The monoisotopic (exact) mass is 317 g/mol. The lowest BCUT2D eigenvalue weighted by molar-refractivity contribution is 0.0981. The highest BCUT2D eigenvalue weighted by atomic mass is 32.2. The zero-order valence-corrected chi connectivity index (χ0v) is 13.9. The van der Waals surface area contributed by atoms with Crippen molar-refractivity contribution in [1.29, 1.82) is 0 Å². The van der Waals surface area contributed by atoms with Gasteiger partial charge in [0.25, 0.3) is 0 Å². The maximum Gasteiger partial charge on any atom is 0.215 e. The van der Waals surface area contributed by atoms with Crippen LogP contribution in [0.1, 0.15) is 48.0 Å². The summed E-state index contributed by atoms with van der Waals surface area (Å²) in [6.07, 6.45) is 2.17. The van der Waals surface area contributed by atoms with Gasteiger partial charge in [-0.15, -0.1) is 11.3 Å². The summed E-state index contributed by atoms with van der Waals surface area (Å²) in [4.78, 5) is 2.42. The minimum absolute atomic E-state index is 0.160. The Morgan fingerprint density at radius 3 is 2.65 bits per heavy atom. The van der Waals surface area contributed by atoms with Gasteiger partial charge in [0, 0.05) is 23.0 Å². The van der Waals surface area contributed by atoms with Crippen LogP contribution >= 0.6 is 11.3 Å². The maximum atomic E-state index is 12.4. The van der Waals surface area contributed by atoms with Crippen LogP contribution in [0.5, 0.6) is 0 Å². The van der Waals surface area contributed by atoms with Crippen LogP contribution in [-0.4, -0.2) is 26.9 Å². The summed E-state index contributed by atoms with van der Waals surface area (Å²) < 4.78 is 32.8. The molecule has 1 aromatic rings. The second kappa shape index (κ2) is 6.56. The van der Waals surface area contributed by atoms with Gasteiger partial charge >= 0.3 is 0 Å². The van der Waals surface area contributed by atoms with Gasteiger partial charge in [-0.3, -0.25) is 0 Å². The van der Waals surface area contributed by atoms with Crippen LogP contribution in [-0.2, 0) is 21.2 Å². The van der Waals surface area contributed by atoms with E-state index in [1.807, 2.05) is 6.92 Å². The molecule has 1 aromatic heterocycles. The number of nitrogens with one attached hydrogen (secondary N) is 1. The lowest BCUT2D eigenvalue weighted by atomic mass is 10.2. The standard InChI is InChI=1S/C14H23NO3S2/c1-4-13-10(2)9-14(19-13)11(3)15-20(16,17)12-5-7-18-8-6-12/h9,11-12,15H,4-8H2,1-3H3/t11-/m0/s1. The van der Waals surface area contributed by atoms with Crippen molar-refractivity contribution in [3.8, 4) is 0 Å². The van der Waals surface area contributed by atoms with E-state index in [0.717, 1.165) is 11.3 Å². The summed E-state index contributed by atoms with van der Waals surface area (Å²) in [5.74, 6) is 0. The molecule has 0 unspecified atom stereocenters. The third kappa shape index (κ3) is 3.61. The van der Waals surface area contributed by atoms with Crippen LogP contribution in [0.4, 0.5) is 0 Å². The number of sulfonamides is 1. The minimum atomic E-state index is -3.26. The topological polar surface area (TPSA) is 55.4 Å². The summed E-state index contributed by atoms with van der Waals surface area (Å²) in [5.41, 5.74) is 1.25. The average molecular weight is 317 g/mol. The molecular formula is C14H23NO3S2. The first-order valence-corrected chi connectivity index (χ1v) is 9.48. The summed E-state index contributed by atoms with van der Waals surface area (Å²) in [7, 11) is -3.26. The Morgan fingerprint density at radius 2 is 2.10 bits per heavy atom. The van der Waals surface area contributed by atoms with Crippen molar-refractivity contribution in [1.82, 2.24) is 4.72 Å². The number of rotatable bonds is 5. The van der Waals surface area contributed by atoms with Crippen LogP contribution in [0.15, 0.2) is 6.07 Å². The molecule has 0 amide bonds. The van der Waals surface area contributed by atoms with Crippen molar-refractivity contribution >= 4 is 21.4 Å². The van der Waals surface area contributed by atoms with Crippen molar-refractivity contribution in [2.24, 2.45) is 0 Å². The molecule has 0 saturated carbocycles. The summed E-state index contributed by atoms with van der Waals surface area (Å²) >= 11 is 1.70. The molecule has 114 valence electrons. The van der Waals surface area contributed by atoms with E-state index in [0.29, 0.717) is 26.1 Å². The molecule has 0 aromatic carbocycles. The van der Waals surface area contributed by atoms with Gasteiger partial charge in [-0.1, -0.05) is 6.92 Å². The van der Waals surface area contributed by atoms with Gasteiger partial charge in [0.05, 0.1) is 11.3 Å². The van der Waals surface area contributed by atoms with Crippen molar-refractivity contribution in [3.05, 3.63) is 21.4 Å². The normalized spacial score (nSPS) is 19.1. The van der Waals surface area contributed by atoms with Crippen molar-refractivity contribution in [2.75, 3.05) is 13.2 Å². The van der Waals surface area contributed by atoms with Gasteiger partial charge in [-0.25, -0.2) is 13.1 Å². The highest BCUT2D eigenvalue weighted by molar-refractivity contribution is 7.90. The zero-order valence-electron chi connectivity index (χ0n) is 12.3. The molecular weight excluding hydrogens is 294 g/mol. The molecule has 1 saturated heterocycles. The predicted molar refractivity (Wildman–Crippen MR) is 82.7 cm³/mol. The zero-order chi connectivity index (χ0) is 14.8. The van der Waals surface area contributed by atoms with Gasteiger partial charge in [-0.05, 0) is 44.7 Å². The van der Waals surface area contributed by atoms with E-state index < -0.39 is 10.0 Å². The number of ether oxygens (including phenoxy) is 1. The molecule has 1 fully saturated rings. The van der Waals surface area contributed by atoms with E-state index in [2.05, 4.69) is 24.6 Å². The van der Waals surface area contributed by atoms with Gasteiger partial charge in [0.15, 0.2) is 0 Å². The van der Waals surface area contributed by atoms with Crippen LogP contribution in [0.2, 0.25) is 0 Å². The van der Waals surface area contributed by atoms with Crippen molar-refractivity contribution < 1.29 is 13.2 Å². The summed E-state index contributed by atoms with van der Waals surface area (Å²) in [6, 6.07) is 1.94. The van der Waals surface area contributed by atoms with Gasteiger partial charge < -0.3 is 4.74 Å². The molecule has 1 aliphatic heterocycles. The Kier molecular flexibility index (Phi) is 5.23. The SMILES string of the molecule is CCc1sc([C@H](C)NS(=O)(=O)C2CCOCC2)cc1C. The highest BCUT2D eigenvalue weighted by Gasteiger charge is 2.29. The summed E-state index contributed by atoms with van der Waals surface area (Å²) in [5, 5.41) is -0.314. The number of hydrogen-bond donors (Lipinski definition) is 1. The Hall–Kier alpha value is -0.430. The molecule has 0 bridgehead atoms. The Bertz CT molecular complexity index is 545. The van der Waals surface area contributed by atoms with E-state index in [4.69, 9.17) is 4.74 Å². The Morgan fingerprint density at radius 1 is 1.45 bits per heavy atom. The van der Waals surface area contributed by atoms with Crippen LogP contribution in [0.25, 0.3) is 0 Å². The molecule has 1 atom stereocenters. The molecule has 20 heavy (non-hydrogen) atoms. The molecule has 1 aliphatic rings. The molecule has 0 radical (unpaired) electrons. The fourth-order valence-corrected chi connectivity index (χ4v) is 5.32. The van der Waals surface area contributed by atoms with Crippen LogP contribution in [0, 0.1) is 6.92 Å². The Balaban J connectivity index is 2.07. The van der Waals surface area contributed by atoms with E-state index in [1.54, 1.807) is 11.3 Å². The van der Waals surface area contributed by atoms with Crippen molar-refractivity contribution in [2.45, 2.75) is 51.3 Å². The third-order valence-corrected chi connectivity index (χ3v) is 7.33. The first kappa shape index (κ1) is 15.9. The number of aryl methyl sites for hydroxylation is 2. The third-order valence-electron chi connectivity index (χ3n) is 3.74. The molecule has 0 aliphatic carbocycles. The smallest absolute Gasteiger partial charge is 0.215 e. The largest absolute Gasteiger partial charge is 0.381 e. The average Bonchev–Trinajstić information content (AvgIpc) is 2.81. The van der Waals surface area contributed by atoms with Gasteiger partial charge in [0.1, 0.15) is 0 Å². The second-order valence-corrected chi connectivity index (χ2v) is 8.47. The predicted octanol–water partition coefficient (Wildman–Crippen LogP) is 2.78. The number of hydrogen-bond acceptors (Lipinski definition) is 4. The van der Waals surface area contributed by atoms with Crippen molar-refractivity contribution in [3.63, 3.8) is 0 Å².